The van der Waals surface area contributed by atoms with Crippen LogP contribution in [-0.4, -0.2) is 69.1 Å². The first-order chi connectivity index (χ1) is 18.7. The van der Waals surface area contributed by atoms with Crippen molar-refractivity contribution in [1.82, 2.24) is 29.4 Å². The van der Waals surface area contributed by atoms with Crippen molar-refractivity contribution < 1.29 is 9.63 Å². The molecule has 10 heteroatoms. The lowest BCUT2D eigenvalue weighted by Crippen LogP contribution is -2.43. The molecule has 1 aliphatic rings. The highest BCUT2D eigenvalue weighted by Gasteiger charge is 2.17. The van der Waals surface area contributed by atoms with Crippen molar-refractivity contribution in [3.63, 3.8) is 0 Å². The van der Waals surface area contributed by atoms with E-state index >= 15 is 0 Å². The number of benzene rings is 2. The Morgan fingerprint density at radius 1 is 1.00 bits per heavy atom. The lowest BCUT2D eigenvalue weighted by Gasteiger charge is -2.32. The maximum Gasteiger partial charge on any atom is 0.321 e. The fourth-order valence-corrected chi connectivity index (χ4v) is 5.32. The molecule has 9 nitrogen and oxygen atoms in total. The molecule has 1 saturated heterocycles. The monoisotopic (exact) mass is 525 g/mol. The third-order valence-electron chi connectivity index (χ3n) is 6.82. The van der Waals surface area contributed by atoms with Gasteiger partial charge in [-0.1, -0.05) is 41.7 Å². The Morgan fingerprint density at radius 3 is 2.63 bits per heavy atom. The van der Waals surface area contributed by atoms with E-state index in [9.17, 15) is 4.79 Å². The Bertz CT molecular complexity index is 1540. The summed E-state index contributed by atoms with van der Waals surface area (Å²) < 4.78 is 2.06. The van der Waals surface area contributed by atoms with Gasteiger partial charge in [-0.05, 0) is 54.1 Å². The molecule has 0 aliphatic carbocycles. The smallest absolute Gasteiger partial charge is 0.321 e. The summed E-state index contributed by atoms with van der Waals surface area (Å²) in [7, 11) is 2.18. The molecule has 1 aliphatic heterocycles. The lowest BCUT2D eigenvalue weighted by atomic mass is 10.0. The SMILES string of the molecule is CN1CCN(Cc2cccc(-c3ccn4c(-c5cccc(N(OC=O)c6nncs6)c5)cnc4c3)c2)CC1. The molecule has 0 N–H and O–H groups in total. The zero-order valence-corrected chi connectivity index (χ0v) is 21.8. The van der Waals surface area contributed by atoms with Crippen LogP contribution in [0.1, 0.15) is 5.56 Å². The highest BCUT2D eigenvalue weighted by atomic mass is 32.1. The third-order valence-corrected chi connectivity index (χ3v) is 7.48. The van der Waals surface area contributed by atoms with E-state index in [0.29, 0.717) is 17.3 Å². The van der Waals surface area contributed by atoms with Crippen LogP contribution in [0.5, 0.6) is 0 Å². The molecule has 192 valence electrons. The van der Waals surface area contributed by atoms with Crippen molar-refractivity contribution in [2.75, 3.05) is 38.3 Å². The number of imidazole rings is 1. The molecule has 0 radical (unpaired) electrons. The molecule has 0 atom stereocenters. The van der Waals surface area contributed by atoms with Crippen molar-refractivity contribution >= 4 is 34.3 Å². The second-order valence-electron chi connectivity index (χ2n) is 9.33. The molecule has 0 spiro atoms. The third kappa shape index (κ3) is 5.01. The van der Waals surface area contributed by atoms with Crippen LogP contribution in [0.2, 0.25) is 0 Å². The molecule has 0 bridgehead atoms. The van der Waals surface area contributed by atoms with E-state index < -0.39 is 0 Å². The quantitative estimate of drug-likeness (QED) is 0.217. The normalized spacial score (nSPS) is 14.6. The van der Waals surface area contributed by atoms with Gasteiger partial charge < -0.3 is 9.74 Å². The van der Waals surface area contributed by atoms with Crippen LogP contribution in [0.25, 0.3) is 28.0 Å². The summed E-state index contributed by atoms with van der Waals surface area (Å²) in [5.41, 5.74) is 8.61. The minimum Gasteiger partial charge on any atom is -0.337 e. The maximum atomic E-state index is 11.1. The van der Waals surface area contributed by atoms with Gasteiger partial charge in [0, 0.05) is 44.5 Å². The molecule has 0 unspecified atom stereocenters. The summed E-state index contributed by atoms with van der Waals surface area (Å²) in [6.07, 6.45) is 3.91. The van der Waals surface area contributed by atoms with E-state index in [1.165, 1.54) is 27.5 Å². The van der Waals surface area contributed by atoms with Gasteiger partial charge in [-0.2, -0.15) is 0 Å². The van der Waals surface area contributed by atoms with Gasteiger partial charge in [0.1, 0.15) is 11.2 Å². The number of pyridine rings is 1. The van der Waals surface area contributed by atoms with Crippen LogP contribution in [-0.2, 0) is 16.2 Å². The van der Waals surface area contributed by atoms with Gasteiger partial charge >= 0.3 is 6.47 Å². The van der Waals surface area contributed by atoms with Gasteiger partial charge in [-0.25, -0.2) is 4.98 Å². The van der Waals surface area contributed by atoms with Gasteiger partial charge in [-0.15, -0.1) is 15.3 Å². The molecule has 5 aromatic rings. The maximum absolute atomic E-state index is 11.1. The zero-order valence-electron chi connectivity index (χ0n) is 21.0. The lowest BCUT2D eigenvalue weighted by molar-refractivity contribution is -0.128. The summed E-state index contributed by atoms with van der Waals surface area (Å²) in [4.78, 5) is 25.9. The van der Waals surface area contributed by atoms with Gasteiger partial charge in [-0.3, -0.25) is 14.1 Å². The van der Waals surface area contributed by atoms with Crippen LogP contribution >= 0.6 is 11.3 Å². The number of anilines is 2. The first-order valence-electron chi connectivity index (χ1n) is 12.4. The van der Waals surface area contributed by atoms with E-state index in [2.05, 4.69) is 74.0 Å². The summed E-state index contributed by atoms with van der Waals surface area (Å²) in [6, 6.07) is 20.7. The van der Waals surface area contributed by atoms with Gasteiger partial charge in [0.05, 0.1) is 17.6 Å². The minimum atomic E-state index is 0.379. The molecule has 3 aromatic heterocycles. The number of nitrogens with zero attached hydrogens (tertiary/aromatic N) is 7. The second-order valence-corrected chi connectivity index (χ2v) is 10.1. The van der Waals surface area contributed by atoms with Crippen LogP contribution in [0.3, 0.4) is 0 Å². The first-order valence-corrected chi connectivity index (χ1v) is 13.3. The van der Waals surface area contributed by atoms with Gasteiger partial charge in [0.15, 0.2) is 0 Å². The average Bonchev–Trinajstić information content (AvgIpc) is 3.63. The van der Waals surface area contributed by atoms with E-state index in [1.807, 2.05) is 30.5 Å². The largest absolute Gasteiger partial charge is 0.337 e. The molecule has 0 saturated carbocycles. The number of rotatable bonds is 8. The molecule has 6 rings (SSSR count). The van der Waals surface area contributed by atoms with Crippen LogP contribution in [0.15, 0.2) is 78.6 Å². The number of likely N-dealkylation sites (N-methyl/N-ethyl adjacent to an activating group) is 1. The number of carbonyl (C=O) groups is 1. The van der Waals surface area contributed by atoms with E-state index in [-0.39, 0.29) is 0 Å². The Labute approximate surface area is 224 Å². The Kier molecular flexibility index (Phi) is 6.82. The Morgan fingerprint density at radius 2 is 1.82 bits per heavy atom. The second kappa shape index (κ2) is 10.7. The number of aromatic nitrogens is 4. The number of hydrogen-bond donors (Lipinski definition) is 0. The highest BCUT2D eigenvalue weighted by molar-refractivity contribution is 7.13. The summed E-state index contributed by atoms with van der Waals surface area (Å²) in [5, 5.41) is 9.70. The predicted molar refractivity (Wildman–Crippen MR) is 148 cm³/mol. The number of fused-ring (bicyclic) bond motifs is 1. The van der Waals surface area contributed by atoms with Gasteiger partial charge in [0.25, 0.3) is 0 Å². The van der Waals surface area contributed by atoms with Crippen molar-refractivity contribution in [2.45, 2.75) is 6.54 Å². The first kappa shape index (κ1) is 24.2. The molecule has 4 heterocycles. The van der Waals surface area contributed by atoms with Crippen molar-refractivity contribution in [3.8, 4) is 22.4 Å². The average molecular weight is 526 g/mol. The zero-order chi connectivity index (χ0) is 25.9. The molecule has 2 aromatic carbocycles. The van der Waals surface area contributed by atoms with E-state index in [4.69, 9.17) is 9.82 Å². The Balaban J connectivity index is 1.26. The predicted octanol–water partition coefficient (Wildman–Crippen LogP) is 4.49. The molecule has 38 heavy (non-hydrogen) atoms. The van der Waals surface area contributed by atoms with E-state index in [1.54, 1.807) is 5.51 Å². The van der Waals surface area contributed by atoms with Crippen LogP contribution < -0.4 is 5.06 Å². The fourth-order valence-electron chi connectivity index (χ4n) is 4.79. The fraction of sp³-hybridized carbons (Fsp3) is 0.214. The molecular formula is C28H27N7O2S. The number of hydrogen-bond acceptors (Lipinski definition) is 9. The number of carbonyl (C=O) groups excluding carboxylic acids is 1. The standard InChI is InChI=1S/C28H27N7O2S/c1-32-10-12-33(13-11-32)18-21-4-2-5-22(14-21)23-8-9-34-26(17-29-27(34)16-23)24-6-3-7-25(15-24)35(37-20-36)28-31-30-19-38-28/h2-9,14-17,19-20H,10-13,18H2,1H3. The van der Waals surface area contributed by atoms with Crippen molar-refractivity contribution in [2.24, 2.45) is 0 Å². The summed E-state index contributed by atoms with van der Waals surface area (Å²) in [6.45, 7) is 5.78. The summed E-state index contributed by atoms with van der Waals surface area (Å²) in [5.74, 6) is 0. The van der Waals surface area contributed by atoms with Crippen molar-refractivity contribution in [3.05, 3.63) is 84.1 Å². The van der Waals surface area contributed by atoms with Gasteiger partial charge in [0.2, 0.25) is 5.13 Å². The Hall–Kier alpha value is -4.12. The number of piperazine rings is 1. The van der Waals surface area contributed by atoms with Crippen LogP contribution in [0.4, 0.5) is 10.8 Å². The molecule has 1 fully saturated rings. The minimum absolute atomic E-state index is 0.379. The molecular weight excluding hydrogens is 498 g/mol. The van der Waals surface area contributed by atoms with Crippen LogP contribution in [0, 0.1) is 0 Å². The highest BCUT2D eigenvalue weighted by Crippen LogP contribution is 2.31. The van der Waals surface area contributed by atoms with E-state index in [0.717, 1.165) is 55.2 Å². The molecule has 0 amide bonds. The summed E-state index contributed by atoms with van der Waals surface area (Å²) >= 11 is 1.28. The topological polar surface area (TPSA) is 79.1 Å². The van der Waals surface area contributed by atoms with Crippen molar-refractivity contribution in [1.29, 1.82) is 0 Å².